The molecule has 200 valence electrons. The first-order valence-electron chi connectivity index (χ1n) is 12.6. The normalized spacial score (nSPS) is 15.4. The molecule has 9 heteroatoms. The molecule has 2 heterocycles. The van der Waals surface area contributed by atoms with Crippen LogP contribution < -0.4 is 19.6 Å². The van der Waals surface area contributed by atoms with Crippen LogP contribution in [0.5, 0.6) is 11.5 Å². The highest BCUT2D eigenvalue weighted by Gasteiger charge is 2.34. The molecule has 0 fully saturated rings. The summed E-state index contributed by atoms with van der Waals surface area (Å²) in [5.74, 6) is -0.0896. The van der Waals surface area contributed by atoms with E-state index in [1.807, 2.05) is 31.2 Å². The van der Waals surface area contributed by atoms with E-state index in [-0.39, 0.29) is 28.7 Å². The topological polar surface area (TPSA) is 90.1 Å². The van der Waals surface area contributed by atoms with Gasteiger partial charge in [-0.1, -0.05) is 74.4 Å². The molecule has 2 aromatic carbocycles. The fourth-order valence-corrected chi connectivity index (χ4v) is 5.72. The first-order valence-corrected chi connectivity index (χ1v) is 13.8. The molecular weight excluding hydrogens is 524 g/mol. The van der Waals surface area contributed by atoms with Crippen molar-refractivity contribution in [2.75, 3.05) is 13.7 Å². The number of carbonyl (C=O) groups is 1. The zero-order valence-electron chi connectivity index (χ0n) is 22.1. The van der Waals surface area contributed by atoms with E-state index in [9.17, 15) is 14.7 Å². The minimum atomic E-state index is -0.673. The van der Waals surface area contributed by atoms with Crippen molar-refractivity contribution in [1.82, 2.24) is 4.57 Å². The molecule has 3 aromatic rings. The summed E-state index contributed by atoms with van der Waals surface area (Å²) in [6.45, 7) is 8.23. The maximum absolute atomic E-state index is 13.9. The number of thiazole rings is 1. The van der Waals surface area contributed by atoms with Crippen LogP contribution in [0.2, 0.25) is 5.02 Å². The number of rotatable bonds is 8. The molecule has 1 aromatic heterocycles. The molecule has 38 heavy (non-hydrogen) atoms. The third-order valence-corrected chi connectivity index (χ3v) is 7.65. The minimum absolute atomic E-state index is 0.112. The third-order valence-electron chi connectivity index (χ3n) is 6.38. The number of aromatic nitrogens is 1. The number of phenols is 1. The van der Waals surface area contributed by atoms with Crippen molar-refractivity contribution in [3.05, 3.63) is 89.1 Å². The molecule has 0 saturated carbocycles. The number of hydrogen-bond donors (Lipinski definition) is 1. The zero-order chi connectivity index (χ0) is 27.6. The van der Waals surface area contributed by atoms with Gasteiger partial charge in [0, 0.05) is 0 Å². The number of ether oxygens (including phenoxy) is 2. The van der Waals surface area contributed by atoms with Gasteiger partial charge in [-0.05, 0) is 54.2 Å². The highest BCUT2D eigenvalue weighted by molar-refractivity contribution is 7.07. The highest BCUT2D eigenvalue weighted by atomic mass is 35.5. The number of phenolic OH excluding ortho intramolecular Hbond substituents is 1. The quantitative estimate of drug-likeness (QED) is 0.393. The summed E-state index contributed by atoms with van der Waals surface area (Å²) >= 11 is 7.41. The minimum Gasteiger partial charge on any atom is -0.503 e. The first kappa shape index (κ1) is 27.7. The smallest absolute Gasteiger partial charge is 0.338 e. The molecule has 0 unspecified atom stereocenters. The second-order valence-corrected chi connectivity index (χ2v) is 10.7. The van der Waals surface area contributed by atoms with Crippen molar-refractivity contribution < 1.29 is 19.4 Å². The third kappa shape index (κ3) is 5.28. The summed E-state index contributed by atoms with van der Waals surface area (Å²) in [5, 5.41) is 10.2. The van der Waals surface area contributed by atoms with E-state index in [0.29, 0.717) is 38.5 Å². The summed E-state index contributed by atoms with van der Waals surface area (Å²) < 4.78 is 12.6. The summed E-state index contributed by atoms with van der Waals surface area (Å²) in [5.41, 5.74) is 3.29. The Labute approximate surface area is 230 Å². The van der Waals surface area contributed by atoms with E-state index in [1.54, 1.807) is 29.7 Å². The number of esters is 1. The van der Waals surface area contributed by atoms with Crippen molar-refractivity contribution in [2.24, 2.45) is 4.99 Å². The van der Waals surface area contributed by atoms with Crippen molar-refractivity contribution in [3.63, 3.8) is 0 Å². The monoisotopic (exact) mass is 554 g/mol. The maximum Gasteiger partial charge on any atom is 0.338 e. The highest BCUT2D eigenvalue weighted by Crippen LogP contribution is 2.35. The summed E-state index contributed by atoms with van der Waals surface area (Å²) in [7, 11) is 1.43. The first-order chi connectivity index (χ1) is 18.2. The van der Waals surface area contributed by atoms with Crippen LogP contribution in [0.4, 0.5) is 0 Å². The number of halogens is 1. The number of nitrogens with zero attached hydrogens (tertiary/aromatic N) is 2. The van der Waals surface area contributed by atoms with Gasteiger partial charge in [-0.25, -0.2) is 9.79 Å². The number of hydrogen-bond acceptors (Lipinski definition) is 7. The molecule has 0 spiro atoms. The second-order valence-electron chi connectivity index (χ2n) is 9.29. The Morgan fingerprint density at radius 2 is 1.95 bits per heavy atom. The summed E-state index contributed by atoms with van der Waals surface area (Å²) in [6.07, 6.45) is 3.04. The summed E-state index contributed by atoms with van der Waals surface area (Å²) in [6, 6.07) is 10.5. The number of fused-ring (bicyclic) bond motifs is 1. The lowest BCUT2D eigenvalue weighted by molar-refractivity contribution is -0.139. The van der Waals surface area contributed by atoms with Crippen LogP contribution in [0.1, 0.15) is 69.2 Å². The van der Waals surface area contributed by atoms with Gasteiger partial charge in [0.25, 0.3) is 5.56 Å². The van der Waals surface area contributed by atoms with Crippen molar-refractivity contribution >= 4 is 35.0 Å². The van der Waals surface area contributed by atoms with Gasteiger partial charge in [-0.2, -0.15) is 0 Å². The van der Waals surface area contributed by atoms with Crippen LogP contribution in [0, 0.1) is 0 Å². The largest absolute Gasteiger partial charge is 0.503 e. The Morgan fingerprint density at radius 3 is 2.55 bits per heavy atom. The lowest BCUT2D eigenvalue weighted by Gasteiger charge is -2.26. The number of allylic oxidation sites excluding steroid dienone is 1. The van der Waals surface area contributed by atoms with E-state index >= 15 is 0 Å². The van der Waals surface area contributed by atoms with Crippen LogP contribution in [0.25, 0.3) is 6.08 Å². The molecular formula is C29H31ClN2O5S. The molecule has 4 rings (SSSR count). The van der Waals surface area contributed by atoms with E-state index in [2.05, 4.69) is 13.8 Å². The van der Waals surface area contributed by atoms with Crippen LogP contribution in [-0.2, 0) is 9.53 Å². The fraction of sp³-hybridized carbons (Fsp3) is 0.345. The molecule has 0 amide bonds. The van der Waals surface area contributed by atoms with Gasteiger partial charge in [0.15, 0.2) is 16.3 Å². The summed E-state index contributed by atoms with van der Waals surface area (Å²) in [4.78, 5) is 32.4. The molecule has 7 nitrogen and oxygen atoms in total. The Bertz CT molecular complexity index is 1570. The van der Waals surface area contributed by atoms with Gasteiger partial charge in [-0.3, -0.25) is 9.36 Å². The predicted octanol–water partition coefficient (Wildman–Crippen LogP) is 5.07. The maximum atomic E-state index is 13.9. The molecule has 1 aliphatic heterocycles. The van der Waals surface area contributed by atoms with Crippen molar-refractivity contribution in [3.8, 4) is 11.5 Å². The van der Waals surface area contributed by atoms with Gasteiger partial charge in [0.1, 0.15) is 0 Å². The van der Waals surface area contributed by atoms with Crippen LogP contribution >= 0.6 is 22.9 Å². The average Bonchev–Trinajstić information content (AvgIpc) is 3.19. The molecule has 0 saturated heterocycles. The molecule has 0 bridgehead atoms. The van der Waals surface area contributed by atoms with E-state index in [0.717, 1.165) is 17.5 Å². The second kappa shape index (κ2) is 11.6. The number of methoxy groups -OCH3 is 1. The number of aromatic hydroxyl groups is 1. The lowest BCUT2D eigenvalue weighted by atomic mass is 9.92. The van der Waals surface area contributed by atoms with Gasteiger partial charge in [0.05, 0.1) is 40.6 Å². The van der Waals surface area contributed by atoms with Crippen LogP contribution in [0.3, 0.4) is 0 Å². The molecule has 1 N–H and O–H groups in total. The number of carbonyl (C=O) groups excluding carboxylic acids is 1. The predicted molar refractivity (Wildman–Crippen MR) is 150 cm³/mol. The molecule has 1 aliphatic rings. The van der Waals surface area contributed by atoms with E-state index in [4.69, 9.17) is 26.1 Å². The molecule has 1 atom stereocenters. The number of benzene rings is 2. The van der Waals surface area contributed by atoms with Gasteiger partial charge < -0.3 is 14.6 Å². The van der Waals surface area contributed by atoms with Crippen molar-refractivity contribution in [1.29, 1.82) is 0 Å². The SMILES string of the molecule is CCCC1=C(C(=O)OCC)[C@H](c2ccc(C(C)C)cc2)n2c(s/c(=C\c3cc(Cl)c(O)c(OC)c3)c2=O)=N1. The van der Waals surface area contributed by atoms with Gasteiger partial charge in [-0.15, -0.1) is 0 Å². The fourth-order valence-electron chi connectivity index (χ4n) is 4.48. The molecule has 0 radical (unpaired) electrons. The van der Waals surface area contributed by atoms with Gasteiger partial charge in [0.2, 0.25) is 0 Å². The standard InChI is InChI=1S/C29H31ClN2O5S/c1-6-8-21-24(28(35)37-7-2)25(19-11-9-18(10-12-19)16(3)4)32-27(34)23(38-29(32)31-21)15-17-13-20(30)26(33)22(14-17)36-5/h9-16,25,33H,6-8H2,1-5H3/b23-15-/t25-/m0/s1. The lowest BCUT2D eigenvalue weighted by Crippen LogP contribution is -2.40. The zero-order valence-corrected chi connectivity index (χ0v) is 23.7. The van der Waals surface area contributed by atoms with E-state index in [1.165, 1.54) is 18.4 Å². The Hall–Kier alpha value is -3.36. The average molecular weight is 555 g/mol. The van der Waals surface area contributed by atoms with Gasteiger partial charge >= 0.3 is 5.97 Å². The Morgan fingerprint density at radius 1 is 1.24 bits per heavy atom. The molecule has 0 aliphatic carbocycles. The Kier molecular flexibility index (Phi) is 8.43. The van der Waals surface area contributed by atoms with Crippen LogP contribution in [-0.4, -0.2) is 29.4 Å². The van der Waals surface area contributed by atoms with Crippen molar-refractivity contribution in [2.45, 2.75) is 52.5 Å². The van der Waals surface area contributed by atoms with E-state index < -0.39 is 12.0 Å². The Balaban J connectivity index is 1.98. The van der Waals surface area contributed by atoms with Crippen LogP contribution in [0.15, 0.2) is 57.5 Å².